The van der Waals surface area contributed by atoms with Crippen molar-refractivity contribution in [1.29, 1.82) is 0 Å². The first-order chi connectivity index (χ1) is 11.2. The molecule has 0 unspecified atom stereocenters. The normalized spacial score (nSPS) is 20.3. The minimum Gasteiger partial charge on any atom is -0.497 e. The van der Waals surface area contributed by atoms with E-state index in [2.05, 4.69) is 36.4 Å². The van der Waals surface area contributed by atoms with E-state index in [1.807, 2.05) is 30.1 Å². The third-order valence-electron chi connectivity index (χ3n) is 4.74. The minimum absolute atomic E-state index is 0.108. The van der Waals surface area contributed by atoms with Crippen LogP contribution in [0.15, 0.2) is 54.6 Å². The zero-order valence-electron chi connectivity index (χ0n) is 13.7. The molecule has 0 radical (unpaired) electrons. The molecule has 0 saturated carbocycles. The van der Waals surface area contributed by atoms with Gasteiger partial charge in [0.05, 0.1) is 19.1 Å². The summed E-state index contributed by atoms with van der Waals surface area (Å²) in [7, 11) is 3.56. The number of benzene rings is 2. The average Bonchev–Trinajstić information content (AvgIpc) is 2.61. The maximum absolute atomic E-state index is 12.2. The van der Waals surface area contributed by atoms with Crippen molar-refractivity contribution in [2.45, 2.75) is 25.3 Å². The third-order valence-corrected chi connectivity index (χ3v) is 4.74. The zero-order valence-corrected chi connectivity index (χ0v) is 13.7. The lowest BCUT2D eigenvalue weighted by Crippen LogP contribution is -2.52. The summed E-state index contributed by atoms with van der Waals surface area (Å²) in [5, 5.41) is 0. The second kappa shape index (κ2) is 6.86. The molecule has 0 spiro atoms. The Hall–Kier alpha value is -2.29. The Balaban J connectivity index is 1.62. The maximum Gasteiger partial charge on any atom is 0.228 e. The molecule has 3 heteroatoms. The molecule has 1 aliphatic heterocycles. The summed E-state index contributed by atoms with van der Waals surface area (Å²) in [5.74, 6) is 1.22. The number of rotatable bonds is 6. The summed E-state index contributed by atoms with van der Waals surface area (Å²) in [6, 6.07) is 18.7. The van der Waals surface area contributed by atoms with Crippen molar-refractivity contribution in [2.75, 3.05) is 14.2 Å². The standard InChI is InChI=1S/C20H23NO2/c1-21-19(16-11-13-17(23-2)14-12-16)18(20(21)22)10-6-9-15-7-4-3-5-8-15/h3-5,7-8,11-14,18-19H,6,9-10H2,1-2H3/t18-,19-/m0/s1. The van der Waals surface area contributed by atoms with E-state index in [1.165, 1.54) is 11.1 Å². The molecule has 23 heavy (non-hydrogen) atoms. The van der Waals surface area contributed by atoms with Crippen LogP contribution in [0.5, 0.6) is 5.75 Å². The molecule has 1 aliphatic rings. The van der Waals surface area contributed by atoms with Crippen LogP contribution in [0.4, 0.5) is 0 Å². The van der Waals surface area contributed by atoms with Gasteiger partial charge in [-0.15, -0.1) is 0 Å². The number of amides is 1. The number of aryl methyl sites for hydroxylation is 1. The first kappa shape index (κ1) is 15.6. The quantitative estimate of drug-likeness (QED) is 0.759. The molecular formula is C20H23NO2. The van der Waals surface area contributed by atoms with Gasteiger partial charge in [0, 0.05) is 7.05 Å². The van der Waals surface area contributed by atoms with Crippen LogP contribution in [0.25, 0.3) is 0 Å². The molecule has 2 aromatic rings. The van der Waals surface area contributed by atoms with E-state index in [0.29, 0.717) is 0 Å². The number of carbonyl (C=O) groups is 1. The Morgan fingerprint density at radius 3 is 2.39 bits per heavy atom. The van der Waals surface area contributed by atoms with Crippen molar-refractivity contribution in [3.05, 3.63) is 65.7 Å². The Labute approximate surface area is 137 Å². The third kappa shape index (κ3) is 3.24. The Kier molecular flexibility index (Phi) is 4.65. The highest BCUT2D eigenvalue weighted by Gasteiger charge is 2.44. The number of hydrogen-bond donors (Lipinski definition) is 0. The predicted octanol–water partition coefficient (Wildman–Crippen LogP) is 3.85. The zero-order chi connectivity index (χ0) is 16.2. The first-order valence-electron chi connectivity index (χ1n) is 8.15. The number of ether oxygens (including phenoxy) is 1. The van der Waals surface area contributed by atoms with Gasteiger partial charge in [0.15, 0.2) is 0 Å². The lowest BCUT2D eigenvalue weighted by atomic mass is 9.79. The summed E-state index contributed by atoms with van der Waals surface area (Å²) in [4.78, 5) is 14.1. The van der Waals surface area contributed by atoms with Gasteiger partial charge < -0.3 is 9.64 Å². The lowest BCUT2D eigenvalue weighted by molar-refractivity contribution is -0.154. The molecule has 120 valence electrons. The largest absolute Gasteiger partial charge is 0.497 e. The number of hydrogen-bond acceptors (Lipinski definition) is 2. The number of nitrogens with zero attached hydrogens (tertiary/aromatic N) is 1. The van der Waals surface area contributed by atoms with E-state index in [9.17, 15) is 4.79 Å². The highest BCUT2D eigenvalue weighted by atomic mass is 16.5. The van der Waals surface area contributed by atoms with E-state index in [1.54, 1.807) is 7.11 Å². The van der Waals surface area contributed by atoms with E-state index in [4.69, 9.17) is 4.74 Å². The second-order valence-corrected chi connectivity index (χ2v) is 6.15. The van der Waals surface area contributed by atoms with Crippen LogP contribution < -0.4 is 4.74 Å². The average molecular weight is 309 g/mol. The van der Waals surface area contributed by atoms with Crippen molar-refractivity contribution in [3.8, 4) is 5.75 Å². The van der Waals surface area contributed by atoms with E-state index < -0.39 is 0 Å². The molecule has 1 heterocycles. The molecule has 2 atom stereocenters. The Bertz CT molecular complexity index is 651. The number of carbonyl (C=O) groups excluding carboxylic acids is 1. The predicted molar refractivity (Wildman–Crippen MR) is 91.4 cm³/mol. The smallest absolute Gasteiger partial charge is 0.228 e. The maximum atomic E-state index is 12.2. The summed E-state index contributed by atoms with van der Waals surface area (Å²) >= 11 is 0. The molecule has 0 N–H and O–H groups in total. The van der Waals surface area contributed by atoms with Crippen LogP contribution in [0, 0.1) is 5.92 Å². The van der Waals surface area contributed by atoms with Gasteiger partial charge in [-0.3, -0.25) is 4.79 Å². The number of likely N-dealkylation sites (tertiary alicyclic amines) is 1. The van der Waals surface area contributed by atoms with E-state index in [0.717, 1.165) is 25.0 Å². The molecule has 0 aliphatic carbocycles. The molecule has 1 amide bonds. The van der Waals surface area contributed by atoms with Gasteiger partial charge in [-0.05, 0) is 42.5 Å². The fourth-order valence-electron chi connectivity index (χ4n) is 3.43. The van der Waals surface area contributed by atoms with Crippen molar-refractivity contribution >= 4 is 5.91 Å². The topological polar surface area (TPSA) is 29.5 Å². The monoisotopic (exact) mass is 309 g/mol. The van der Waals surface area contributed by atoms with Gasteiger partial charge in [-0.1, -0.05) is 42.5 Å². The van der Waals surface area contributed by atoms with Crippen LogP contribution in [0.3, 0.4) is 0 Å². The van der Waals surface area contributed by atoms with Crippen molar-refractivity contribution in [2.24, 2.45) is 5.92 Å². The summed E-state index contributed by atoms with van der Waals surface area (Å²) in [6.45, 7) is 0. The SMILES string of the molecule is COc1ccc([C@H]2[C@H](CCCc3ccccc3)C(=O)N2C)cc1. The van der Waals surface area contributed by atoms with Crippen LogP contribution in [-0.4, -0.2) is 25.0 Å². The Morgan fingerprint density at radius 2 is 1.74 bits per heavy atom. The highest BCUT2D eigenvalue weighted by molar-refractivity contribution is 5.86. The number of β-lactam (4-membered cyclic amide) rings is 1. The molecule has 0 aromatic heterocycles. The molecule has 3 rings (SSSR count). The molecular weight excluding hydrogens is 286 g/mol. The van der Waals surface area contributed by atoms with Crippen molar-refractivity contribution in [3.63, 3.8) is 0 Å². The summed E-state index contributed by atoms with van der Waals surface area (Å²) in [6.07, 6.45) is 3.01. The molecule has 1 fully saturated rings. The Morgan fingerprint density at radius 1 is 1.04 bits per heavy atom. The van der Waals surface area contributed by atoms with Gasteiger partial charge in [-0.25, -0.2) is 0 Å². The van der Waals surface area contributed by atoms with Crippen LogP contribution in [-0.2, 0) is 11.2 Å². The lowest BCUT2D eigenvalue weighted by Gasteiger charge is -2.45. The van der Waals surface area contributed by atoms with Gasteiger partial charge in [0.1, 0.15) is 5.75 Å². The number of methoxy groups -OCH3 is 1. The van der Waals surface area contributed by atoms with Crippen LogP contribution >= 0.6 is 0 Å². The minimum atomic E-state index is 0.108. The molecule has 3 nitrogen and oxygen atoms in total. The van der Waals surface area contributed by atoms with E-state index in [-0.39, 0.29) is 17.9 Å². The fraction of sp³-hybridized carbons (Fsp3) is 0.350. The second-order valence-electron chi connectivity index (χ2n) is 6.15. The molecule has 0 bridgehead atoms. The molecule has 1 saturated heterocycles. The highest BCUT2D eigenvalue weighted by Crippen LogP contribution is 2.41. The van der Waals surface area contributed by atoms with Crippen LogP contribution in [0.2, 0.25) is 0 Å². The fourth-order valence-corrected chi connectivity index (χ4v) is 3.43. The molecule has 2 aromatic carbocycles. The summed E-state index contributed by atoms with van der Waals surface area (Å²) < 4.78 is 5.21. The first-order valence-corrected chi connectivity index (χ1v) is 8.15. The van der Waals surface area contributed by atoms with Crippen LogP contribution in [0.1, 0.15) is 30.0 Å². The summed E-state index contributed by atoms with van der Waals surface area (Å²) in [5.41, 5.74) is 2.53. The van der Waals surface area contributed by atoms with Crippen molar-refractivity contribution in [1.82, 2.24) is 4.90 Å². The van der Waals surface area contributed by atoms with E-state index >= 15 is 0 Å². The van der Waals surface area contributed by atoms with Gasteiger partial charge >= 0.3 is 0 Å². The van der Waals surface area contributed by atoms with Gasteiger partial charge in [0.25, 0.3) is 0 Å². The van der Waals surface area contributed by atoms with Gasteiger partial charge in [0.2, 0.25) is 5.91 Å². The van der Waals surface area contributed by atoms with Gasteiger partial charge in [-0.2, -0.15) is 0 Å². The van der Waals surface area contributed by atoms with Crippen molar-refractivity contribution < 1.29 is 9.53 Å².